The first-order chi connectivity index (χ1) is 16.2. The van der Waals surface area contributed by atoms with E-state index in [0.29, 0.717) is 6.61 Å². The molecule has 5 nitrogen and oxygen atoms in total. The van der Waals surface area contributed by atoms with Gasteiger partial charge in [0.2, 0.25) is 6.36 Å². The zero-order valence-electron chi connectivity index (χ0n) is 18.3. The second kappa shape index (κ2) is 12.0. The second-order valence-electron chi connectivity index (χ2n) is 8.04. The van der Waals surface area contributed by atoms with Crippen molar-refractivity contribution in [3.05, 3.63) is 108 Å². The van der Waals surface area contributed by atoms with Crippen LogP contribution in [0.3, 0.4) is 0 Å². The molecule has 0 aliphatic carbocycles. The lowest BCUT2D eigenvalue weighted by Gasteiger charge is -2.41. The zero-order valence-corrected chi connectivity index (χ0v) is 18.3. The van der Waals surface area contributed by atoms with Gasteiger partial charge in [0.15, 0.2) is 0 Å². The van der Waals surface area contributed by atoms with E-state index in [1.807, 2.05) is 91.0 Å². The van der Waals surface area contributed by atoms with Crippen molar-refractivity contribution in [1.29, 1.82) is 0 Å². The average Bonchev–Trinajstić information content (AvgIpc) is 2.85. The van der Waals surface area contributed by atoms with Crippen molar-refractivity contribution < 1.29 is 28.4 Å². The first-order valence-corrected chi connectivity index (χ1v) is 11.1. The Kier molecular flexibility index (Phi) is 8.58. The van der Waals surface area contributed by atoms with Crippen LogP contribution in [0, 0.1) is 0 Å². The van der Waals surface area contributed by atoms with Gasteiger partial charge in [0.1, 0.15) is 24.4 Å². The van der Waals surface area contributed by atoms with Crippen molar-refractivity contribution in [2.75, 3.05) is 6.61 Å². The molecule has 5 atom stereocenters. The van der Waals surface area contributed by atoms with Crippen LogP contribution >= 0.6 is 0 Å². The number of hydrogen-bond donors (Lipinski definition) is 1. The van der Waals surface area contributed by atoms with Gasteiger partial charge in [-0.25, -0.2) is 4.39 Å². The quantitative estimate of drug-likeness (QED) is 0.493. The molecule has 0 saturated carbocycles. The highest BCUT2D eigenvalue weighted by Crippen LogP contribution is 2.28. The van der Waals surface area contributed by atoms with E-state index in [2.05, 4.69) is 0 Å². The molecular formula is C27H29FO5. The maximum atomic E-state index is 14.9. The van der Waals surface area contributed by atoms with E-state index in [9.17, 15) is 9.50 Å². The minimum absolute atomic E-state index is 0.0806. The summed E-state index contributed by atoms with van der Waals surface area (Å²) in [5, 5.41) is 11.0. The average molecular weight is 453 g/mol. The van der Waals surface area contributed by atoms with E-state index in [4.69, 9.17) is 18.9 Å². The van der Waals surface area contributed by atoms with Gasteiger partial charge in [0, 0.05) is 0 Å². The Hall–Kier alpha value is -2.61. The highest BCUT2D eigenvalue weighted by atomic mass is 19.1. The summed E-state index contributed by atoms with van der Waals surface area (Å²) in [6.45, 7) is 0.848. The van der Waals surface area contributed by atoms with Crippen molar-refractivity contribution in [1.82, 2.24) is 0 Å². The summed E-state index contributed by atoms with van der Waals surface area (Å²) in [6.07, 6.45) is -5.78. The van der Waals surface area contributed by atoms with Crippen LogP contribution in [0.15, 0.2) is 91.0 Å². The summed E-state index contributed by atoms with van der Waals surface area (Å²) in [7, 11) is 0. The number of alkyl halides is 1. The molecule has 6 heteroatoms. The molecule has 1 N–H and O–H groups in total. The first kappa shape index (κ1) is 23.5. The number of ether oxygens (including phenoxy) is 4. The molecule has 33 heavy (non-hydrogen) atoms. The number of hydrogen-bond acceptors (Lipinski definition) is 5. The Morgan fingerprint density at radius 2 is 1.12 bits per heavy atom. The van der Waals surface area contributed by atoms with Crippen molar-refractivity contribution in [3.63, 3.8) is 0 Å². The van der Waals surface area contributed by atoms with E-state index in [1.54, 1.807) is 0 Å². The molecule has 3 aromatic carbocycles. The molecule has 1 aliphatic heterocycles. The fraction of sp³-hybridized carbons (Fsp3) is 0.333. The minimum atomic E-state index is -1.80. The molecule has 4 rings (SSSR count). The Balaban J connectivity index is 1.41. The van der Waals surface area contributed by atoms with Crippen molar-refractivity contribution in [2.24, 2.45) is 0 Å². The summed E-state index contributed by atoms with van der Waals surface area (Å²) in [6, 6.07) is 28.7. The van der Waals surface area contributed by atoms with E-state index in [1.165, 1.54) is 0 Å². The molecule has 3 aromatic rings. The number of aliphatic hydroxyl groups excluding tert-OH is 1. The Bertz CT molecular complexity index is 939. The molecule has 1 fully saturated rings. The van der Waals surface area contributed by atoms with E-state index in [0.717, 1.165) is 16.7 Å². The van der Waals surface area contributed by atoms with Gasteiger partial charge in [-0.3, -0.25) is 0 Å². The Morgan fingerprint density at radius 1 is 0.667 bits per heavy atom. The summed E-state index contributed by atoms with van der Waals surface area (Å²) in [5.74, 6) is 0. The maximum Gasteiger partial charge on any atom is 0.228 e. The smallest absolute Gasteiger partial charge is 0.228 e. The van der Waals surface area contributed by atoms with E-state index < -0.39 is 30.8 Å². The predicted octanol–water partition coefficient (Wildman–Crippen LogP) is 4.43. The van der Waals surface area contributed by atoms with Crippen molar-refractivity contribution in [3.8, 4) is 0 Å². The topological polar surface area (TPSA) is 57.2 Å². The lowest BCUT2D eigenvalue weighted by atomic mass is 9.99. The maximum absolute atomic E-state index is 14.9. The summed E-state index contributed by atoms with van der Waals surface area (Å²) >= 11 is 0. The first-order valence-electron chi connectivity index (χ1n) is 11.1. The van der Waals surface area contributed by atoms with Gasteiger partial charge < -0.3 is 24.1 Å². The van der Waals surface area contributed by atoms with Gasteiger partial charge in [0.25, 0.3) is 0 Å². The van der Waals surface area contributed by atoms with Crippen LogP contribution in [-0.4, -0.2) is 42.5 Å². The SMILES string of the molecule is OC1C(OCc2ccccc2)C(F)OC(COCc2ccccc2)C1OCc1ccccc1. The second-order valence-corrected chi connectivity index (χ2v) is 8.04. The fourth-order valence-electron chi connectivity index (χ4n) is 3.80. The van der Waals surface area contributed by atoms with Crippen LogP contribution in [-0.2, 0) is 38.8 Å². The molecule has 0 aromatic heterocycles. The van der Waals surface area contributed by atoms with Gasteiger partial charge in [-0.05, 0) is 16.7 Å². The van der Waals surface area contributed by atoms with E-state index >= 15 is 0 Å². The molecule has 1 aliphatic rings. The number of halogens is 1. The monoisotopic (exact) mass is 452 g/mol. The third kappa shape index (κ3) is 6.69. The van der Waals surface area contributed by atoms with Gasteiger partial charge >= 0.3 is 0 Å². The Labute approximate surface area is 193 Å². The molecular weight excluding hydrogens is 423 g/mol. The highest BCUT2D eigenvalue weighted by Gasteiger charge is 2.47. The molecule has 0 spiro atoms. The Morgan fingerprint density at radius 3 is 1.64 bits per heavy atom. The lowest BCUT2D eigenvalue weighted by Crippen LogP contribution is -2.59. The number of aliphatic hydroxyl groups is 1. The van der Waals surface area contributed by atoms with Crippen LogP contribution in [0.1, 0.15) is 16.7 Å². The highest BCUT2D eigenvalue weighted by molar-refractivity contribution is 5.15. The normalized spacial score (nSPS) is 25.1. The third-order valence-corrected chi connectivity index (χ3v) is 5.57. The lowest BCUT2D eigenvalue weighted by molar-refractivity contribution is -0.288. The van der Waals surface area contributed by atoms with E-state index in [-0.39, 0.29) is 19.8 Å². The molecule has 1 heterocycles. The van der Waals surface area contributed by atoms with Gasteiger partial charge in [-0.15, -0.1) is 0 Å². The van der Waals surface area contributed by atoms with Crippen molar-refractivity contribution in [2.45, 2.75) is 50.6 Å². The molecule has 0 radical (unpaired) electrons. The minimum Gasteiger partial charge on any atom is -0.387 e. The van der Waals surface area contributed by atoms with Gasteiger partial charge in [-0.2, -0.15) is 0 Å². The summed E-state index contributed by atoms with van der Waals surface area (Å²) in [4.78, 5) is 0. The largest absolute Gasteiger partial charge is 0.387 e. The van der Waals surface area contributed by atoms with Gasteiger partial charge in [0.05, 0.1) is 26.4 Å². The van der Waals surface area contributed by atoms with Crippen LogP contribution in [0.25, 0.3) is 0 Å². The fourth-order valence-corrected chi connectivity index (χ4v) is 3.80. The zero-order chi connectivity index (χ0) is 22.9. The third-order valence-electron chi connectivity index (χ3n) is 5.57. The molecule has 5 unspecified atom stereocenters. The predicted molar refractivity (Wildman–Crippen MR) is 122 cm³/mol. The van der Waals surface area contributed by atoms with Crippen molar-refractivity contribution >= 4 is 0 Å². The van der Waals surface area contributed by atoms with Gasteiger partial charge in [-0.1, -0.05) is 91.0 Å². The standard InChI is InChI=1S/C27H29FO5/c28-27-26(32-18-22-14-8-3-9-15-22)24(29)25(31-17-21-12-6-2-7-13-21)23(33-27)19-30-16-20-10-4-1-5-11-20/h1-15,23-27,29H,16-19H2. The summed E-state index contributed by atoms with van der Waals surface area (Å²) in [5.41, 5.74) is 2.82. The van der Waals surface area contributed by atoms with Crippen LogP contribution in [0.2, 0.25) is 0 Å². The summed E-state index contributed by atoms with van der Waals surface area (Å²) < 4.78 is 38.0. The molecule has 0 bridgehead atoms. The van der Waals surface area contributed by atoms with Crippen LogP contribution < -0.4 is 0 Å². The molecule has 0 amide bonds. The number of rotatable bonds is 10. The van der Waals surface area contributed by atoms with Crippen LogP contribution in [0.4, 0.5) is 4.39 Å². The molecule has 174 valence electrons. The van der Waals surface area contributed by atoms with Crippen LogP contribution in [0.5, 0.6) is 0 Å². The molecule has 1 saturated heterocycles. The number of benzene rings is 3.